The maximum Gasteiger partial charge on any atom is 0.289 e. The highest BCUT2D eigenvalue weighted by Gasteiger charge is 2.41. The van der Waals surface area contributed by atoms with E-state index in [0.717, 1.165) is 24.6 Å². The van der Waals surface area contributed by atoms with E-state index in [1.165, 1.54) is 24.1 Å². The predicted octanol–water partition coefficient (Wildman–Crippen LogP) is 1.98. The van der Waals surface area contributed by atoms with Gasteiger partial charge in [0.1, 0.15) is 5.75 Å². The molecule has 136 valence electrons. The molecule has 1 heterocycles. The standard InChI is InChI=1S/C16H20N2O5S2/c1-23-11-6-8-12(9-7-11)25(21,22)17-13-4-2-3-5-14(13)18-15(19)10-24-16(18)20/h6-9,13-14,17H,2-5,10H2,1H3. The summed E-state index contributed by atoms with van der Waals surface area (Å²) >= 11 is 0.974. The second kappa shape index (κ2) is 7.35. The Bertz CT molecular complexity index is 747. The Labute approximate surface area is 151 Å². The van der Waals surface area contributed by atoms with Crippen LogP contribution in [-0.2, 0) is 14.8 Å². The number of benzene rings is 1. The number of sulfonamides is 1. The summed E-state index contributed by atoms with van der Waals surface area (Å²) in [5.41, 5.74) is 0. The third-order valence-corrected chi connectivity index (χ3v) is 6.86. The molecule has 7 nitrogen and oxygen atoms in total. The molecule has 1 aromatic carbocycles. The van der Waals surface area contributed by atoms with Crippen LogP contribution in [0.4, 0.5) is 4.79 Å². The first-order chi connectivity index (χ1) is 11.9. The Balaban J connectivity index is 1.80. The number of methoxy groups -OCH3 is 1. The van der Waals surface area contributed by atoms with Gasteiger partial charge in [-0.15, -0.1) is 0 Å². The first-order valence-electron chi connectivity index (χ1n) is 8.07. The topological polar surface area (TPSA) is 92.8 Å². The molecule has 25 heavy (non-hydrogen) atoms. The fraction of sp³-hybridized carbons (Fsp3) is 0.500. The lowest BCUT2D eigenvalue weighted by Crippen LogP contribution is -2.54. The molecule has 1 N–H and O–H groups in total. The van der Waals surface area contributed by atoms with E-state index in [1.54, 1.807) is 12.1 Å². The van der Waals surface area contributed by atoms with Crippen LogP contribution in [0, 0.1) is 0 Å². The van der Waals surface area contributed by atoms with Crippen LogP contribution in [0.15, 0.2) is 29.2 Å². The Morgan fingerprint density at radius 2 is 1.84 bits per heavy atom. The van der Waals surface area contributed by atoms with Gasteiger partial charge in [0, 0.05) is 6.04 Å². The predicted molar refractivity (Wildman–Crippen MR) is 94.1 cm³/mol. The van der Waals surface area contributed by atoms with Gasteiger partial charge in [-0.2, -0.15) is 0 Å². The first kappa shape index (κ1) is 18.2. The van der Waals surface area contributed by atoms with Crippen LogP contribution >= 0.6 is 11.8 Å². The van der Waals surface area contributed by atoms with Crippen molar-refractivity contribution in [2.75, 3.05) is 12.9 Å². The van der Waals surface area contributed by atoms with Gasteiger partial charge in [0.05, 0.1) is 23.8 Å². The van der Waals surface area contributed by atoms with E-state index >= 15 is 0 Å². The molecule has 2 atom stereocenters. The van der Waals surface area contributed by atoms with Crippen molar-refractivity contribution in [3.05, 3.63) is 24.3 Å². The van der Waals surface area contributed by atoms with Crippen LogP contribution in [0.2, 0.25) is 0 Å². The fourth-order valence-electron chi connectivity index (χ4n) is 3.26. The summed E-state index contributed by atoms with van der Waals surface area (Å²) in [6.07, 6.45) is 2.94. The molecule has 0 spiro atoms. The van der Waals surface area contributed by atoms with Gasteiger partial charge in [-0.1, -0.05) is 24.6 Å². The number of hydrogen-bond acceptors (Lipinski definition) is 6. The zero-order valence-electron chi connectivity index (χ0n) is 13.8. The maximum absolute atomic E-state index is 12.7. The minimum atomic E-state index is -3.74. The van der Waals surface area contributed by atoms with Crippen molar-refractivity contribution in [1.82, 2.24) is 9.62 Å². The Morgan fingerprint density at radius 3 is 2.44 bits per heavy atom. The molecule has 3 rings (SSSR count). The number of nitrogens with zero attached hydrogens (tertiary/aromatic N) is 1. The number of rotatable bonds is 5. The summed E-state index contributed by atoms with van der Waals surface area (Å²) in [4.78, 5) is 25.4. The van der Waals surface area contributed by atoms with Crippen molar-refractivity contribution in [3.63, 3.8) is 0 Å². The van der Waals surface area contributed by atoms with Gasteiger partial charge in [0.2, 0.25) is 15.9 Å². The molecule has 1 aliphatic carbocycles. The van der Waals surface area contributed by atoms with Gasteiger partial charge in [-0.25, -0.2) is 13.1 Å². The van der Waals surface area contributed by atoms with Gasteiger partial charge < -0.3 is 4.74 Å². The van der Waals surface area contributed by atoms with Gasteiger partial charge >= 0.3 is 0 Å². The van der Waals surface area contributed by atoms with Crippen LogP contribution in [-0.4, -0.2) is 49.4 Å². The molecule has 2 aliphatic rings. The van der Waals surface area contributed by atoms with E-state index in [9.17, 15) is 18.0 Å². The molecule has 2 unspecified atom stereocenters. The minimum absolute atomic E-state index is 0.131. The maximum atomic E-state index is 12.7. The molecule has 2 amide bonds. The molecule has 1 saturated heterocycles. The summed E-state index contributed by atoms with van der Waals surface area (Å²) in [6.45, 7) is 0. The summed E-state index contributed by atoms with van der Waals surface area (Å²) in [7, 11) is -2.23. The van der Waals surface area contributed by atoms with Crippen LogP contribution in [0.3, 0.4) is 0 Å². The van der Waals surface area contributed by atoms with Crippen LogP contribution in [0.5, 0.6) is 5.75 Å². The van der Waals surface area contributed by atoms with Crippen molar-refractivity contribution in [2.45, 2.75) is 42.7 Å². The Kier molecular flexibility index (Phi) is 5.35. The lowest BCUT2D eigenvalue weighted by Gasteiger charge is -2.36. The first-order valence-corrected chi connectivity index (χ1v) is 10.5. The third kappa shape index (κ3) is 3.83. The molecule has 0 radical (unpaired) electrons. The molecule has 1 aromatic rings. The van der Waals surface area contributed by atoms with Gasteiger partial charge in [-0.05, 0) is 37.1 Å². The third-order valence-electron chi connectivity index (χ3n) is 4.52. The highest BCUT2D eigenvalue weighted by atomic mass is 32.2. The van der Waals surface area contributed by atoms with E-state index in [-0.39, 0.29) is 21.8 Å². The number of carbonyl (C=O) groups excluding carboxylic acids is 2. The Morgan fingerprint density at radius 1 is 1.16 bits per heavy atom. The summed E-state index contributed by atoms with van der Waals surface area (Å²) in [5, 5.41) is -0.287. The number of imide groups is 1. The largest absolute Gasteiger partial charge is 0.497 e. The molecule has 1 aliphatic heterocycles. The number of ether oxygens (including phenoxy) is 1. The Hall–Kier alpha value is -1.58. The lowest BCUT2D eigenvalue weighted by atomic mass is 9.90. The average molecular weight is 384 g/mol. The molecular formula is C16H20N2O5S2. The summed E-state index contributed by atoms with van der Waals surface area (Å²) in [5.74, 6) is 0.461. The molecule has 2 fully saturated rings. The number of amides is 2. The molecular weight excluding hydrogens is 364 g/mol. The monoisotopic (exact) mass is 384 g/mol. The van der Waals surface area contributed by atoms with Crippen molar-refractivity contribution in [2.24, 2.45) is 0 Å². The molecule has 1 saturated carbocycles. The summed E-state index contributed by atoms with van der Waals surface area (Å²) in [6, 6.07) is 5.22. The highest BCUT2D eigenvalue weighted by Crippen LogP contribution is 2.31. The number of nitrogens with one attached hydrogen (secondary N) is 1. The van der Waals surface area contributed by atoms with Crippen molar-refractivity contribution in [3.8, 4) is 5.75 Å². The van der Waals surface area contributed by atoms with Crippen molar-refractivity contribution >= 4 is 32.9 Å². The minimum Gasteiger partial charge on any atom is -0.497 e. The highest BCUT2D eigenvalue weighted by molar-refractivity contribution is 8.14. The van der Waals surface area contributed by atoms with Crippen LogP contribution in [0.25, 0.3) is 0 Å². The smallest absolute Gasteiger partial charge is 0.289 e. The van der Waals surface area contributed by atoms with Crippen LogP contribution < -0.4 is 9.46 Å². The molecule has 9 heteroatoms. The fourth-order valence-corrected chi connectivity index (χ4v) is 5.33. The zero-order chi connectivity index (χ0) is 18.0. The second-order valence-electron chi connectivity index (χ2n) is 6.07. The van der Waals surface area contributed by atoms with E-state index < -0.39 is 22.1 Å². The number of carbonyl (C=O) groups is 2. The van der Waals surface area contributed by atoms with Gasteiger partial charge in [0.25, 0.3) is 5.24 Å². The van der Waals surface area contributed by atoms with Crippen molar-refractivity contribution < 1.29 is 22.7 Å². The second-order valence-corrected chi connectivity index (χ2v) is 8.71. The quantitative estimate of drug-likeness (QED) is 0.834. The van der Waals surface area contributed by atoms with E-state index in [1.807, 2.05) is 0 Å². The van der Waals surface area contributed by atoms with Gasteiger partial charge in [-0.3, -0.25) is 14.5 Å². The molecule has 0 aromatic heterocycles. The van der Waals surface area contributed by atoms with E-state index in [0.29, 0.717) is 18.6 Å². The lowest BCUT2D eigenvalue weighted by molar-refractivity contribution is -0.127. The van der Waals surface area contributed by atoms with Crippen LogP contribution in [0.1, 0.15) is 25.7 Å². The summed E-state index contributed by atoms with van der Waals surface area (Å²) < 4.78 is 33.1. The van der Waals surface area contributed by atoms with Crippen molar-refractivity contribution in [1.29, 1.82) is 0 Å². The van der Waals surface area contributed by atoms with E-state index in [4.69, 9.17) is 4.74 Å². The SMILES string of the molecule is COc1ccc(S(=O)(=O)NC2CCCCC2N2C(=O)CSC2=O)cc1. The van der Waals surface area contributed by atoms with E-state index in [2.05, 4.69) is 4.72 Å². The molecule has 0 bridgehead atoms. The zero-order valence-corrected chi connectivity index (χ0v) is 15.4. The number of hydrogen-bond donors (Lipinski definition) is 1. The number of thioether (sulfide) groups is 1. The average Bonchev–Trinajstić information content (AvgIpc) is 2.94. The normalized spacial score (nSPS) is 24.6. The van der Waals surface area contributed by atoms with Gasteiger partial charge in [0.15, 0.2) is 0 Å².